The molecule has 2 rings (SSSR count). The molecule has 0 bridgehead atoms. The topological polar surface area (TPSA) is 64.6 Å². The highest BCUT2D eigenvalue weighted by molar-refractivity contribution is 7.48. The van der Waals surface area contributed by atoms with E-state index in [1.807, 2.05) is 63.2 Å². The molecular weight excluding hydrogens is 349 g/mol. The van der Waals surface area contributed by atoms with Crippen LogP contribution in [0.5, 0.6) is 0 Å². The molecule has 0 aliphatic heterocycles. The summed E-state index contributed by atoms with van der Waals surface area (Å²) in [5.41, 5.74) is 1.22. The van der Waals surface area contributed by atoms with Crippen molar-refractivity contribution in [1.29, 1.82) is 0 Å². The predicted molar refractivity (Wildman–Crippen MR) is 103 cm³/mol. The van der Waals surface area contributed by atoms with Gasteiger partial charge in [0.05, 0.1) is 6.04 Å². The van der Waals surface area contributed by atoms with Crippen molar-refractivity contribution in [2.45, 2.75) is 39.3 Å². The van der Waals surface area contributed by atoms with Crippen LogP contribution in [0.25, 0.3) is 0 Å². The minimum absolute atomic E-state index is 0.370. The summed E-state index contributed by atoms with van der Waals surface area (Å²) in [5.74, 6) is 0. The number of amides is 1. The number of benzene rings is 2. The largest absolute Gasteiger partial charge is 0.548 e. The lowest BCUT2D eigenvalue weighted by Gasteiger charge is -2.24. The molecule has 0 heterocycles. The van der Waals surface area contributed by atoms with Crippen molar-refractivity contribution in [2.24, 2.45) is 0 Å². The van der Waals surface area contributed by atoms with Crippen molar-refractivity contribution in [3.8, 4) is 0 Å². The Bertz CT molecular complexity index is 739. The Morgan fingerprint density at radius 2 is 1.62 bits per heavy atom. The Balaban J connectivity index is 2.27. The van der Waals surface area contributed by atoms with Crippen molar-refractivity contribution in [2.75, 3.05) is 6.61 Å². The molecule has 0 saturated carbocycles. The van der Waals surface area contributed by atoms with Crippen LogP contribution in [0.1, 0.15) is 44.9 Å². The molecule has 1 N–H and O–H groups in total. The molecule has 2 unspecified atom stereocenters. The maximum atomic E-state index is 12.3. The monoisotopic (exact) mass is 374 g/mol. The SMILES string of the molecule is CCO[P+](=O)c1ccc(C(NC(=O)OC(C)(C)C)c2ccccc2)cc1. The second kappa shape index (κ2) is 8.93. The molecule has 2 aromatic rings. The van der Waals surface area contributed by atoms with Gasteiger partial charge >= 0.3 is 14.1 Å². The van der Waals surface area contributed by atoms with E-state index in [1.165, 1.54) is 0 Å². The van der Waals surface area contributed by atoms with Gasteiger partial charge < -0.3 is 10.1 Å². The highest BCUT2D eigenvalue weighted by atomic mass is 31.1. The van der Waals surface area contributed by atoms with Crippen molar-refractivity contribution < 1.29 is 18.6 Å². The number of alkyl carbamates (subject to hydrolysis) is 1. The summed E-state index contributed by atoms with van der Waals surface area (Å²) in [5, 5.41) is 3.53. The smallest absolute Gasteiger partial charge is 0.444 e. The van der Waals surface area contributed by atoms with Crippen molar-refractivity contribution in [3.05, 3.63) is 65.7 Å². The first-order chi connectivity index (χ1) is 12.3. The summed E-state index contributed by atoms with van der Waals surface area (Å²) in [6.07, 6.45) is -0.490. The van der Waals surface area contributed by atoms with E-state index in [0.29, 0.717) is 11.9 Å². The highest BCUT2D eigenvalue weighted by Gasteiger charge is 2.24. The molecule has 0 spiro atoms. The van der Waals surface area contributed by atoms with Gasteiger partial charge in [-0.05, 0) is 55.5 Å². The third-order valence-electron chi connectivity index (χ3n) is 3.48. The van der Waals surface area contributed by atoms with Gasteiger partial charge in [-0.1, -0.05) is 42.5 Å². The first kappa shape index (κ1) is 20.1. The molecule has 2 aromatic carbocycles. The molecule has 0 radical (unpaired) electrons. The average molecular weight is 374 g/mol. The highest BCUT2D eigenvalue weighted by Crippen LogP contribution is 2.25. The summed E-state index contributed by atoms with van der Waals surface area (Å²) in [6.45, 7) is 7.66. The van der Waals surface area contributed by atoms with Crippen molar-refractivity contribution in [3.63, 3.8) is 0 Å². The van der Waals surface area contributed by atoms with Gasteiger partial charge in [-0.3, -0.25) is 0 Å². The molecular formula is C20H25NO4P+. The number of hydrogen-bond donors (Lipinski definition) is 1. The van der Waals surface area contributed by atoms with Crippen LogP contribution in [0.2, 0.25) is 0 Å². The zero-order valence-corrected chi connectivity index (χ0v) is 16.5. The second-order valence-electron chi connectivity index (χ2n) is 6.76. The van der Waals surface area contributed by atoms with Crippen LogP contribution >= 0.6 is 8.03 Å². The Labute approximate surface area is 155 Å². The van der Waals surface area contributed by atoms with Crippen LogP contribution in [0, 0.1) is 0 Å². The van der Waals surface area contributed by atoms with Crippen LogP contribution < -0.4 is 10.6 Å². The molecule has 2 atom stereocenters. The van der Waals surface area contributed by atoms with E-state index in [2.05, 4.69) is 5.32 Å². The first-order valence-electron chi connectivity index (χ1n) is 8.54. The number of hydrogen-bond acceptors (Lipinski definition) is 4. The lowest BCUT2D eigenvalue weighted by atomic mass is 9.99. The summed E-state index contributed by atoms with van der Waals surface area (Å²) in [7, 11) is -1.86. The van der Waals surface area contributed by atoms with Crippen molar-refractivity contribution >= 4 is 19.4 Å². The van der Waals surface area contributed by atoms with Gasteiger partial charge in [-0.25, -0.2) is 4.79 Å². The summed E-state index contributed by atoms with van der Waals surface area (Å²) < 4.78 is 22.5. The van der Waals surface area contributed by atoms with Crippen molar-refractivity contribution in [1.82, 2.24) is 5.32 Å². The average Bonchev–Trinajstić information content (AvgIpc) is 2.59. The fraction of sp³-hybridized carbons (Fsp3) is 0.350. The van der Waals surface area contributed by atoms with Gasteiger partial charge in [-0.15, -0.1) is 4.52 Å². The number of ether oxygens (including phenoxy) is 1. The molecule has 0 saturated heterocycles. The number of rotatable bonds is 6. The molecule has 1 amide bonds. The zero-order valence-electron chi connectivity index (χ0n) is 15.6. The standard InChI is InChI=1S/C20H24NO4P/c1-5-24-26(23)17-13-11-16(12-14-17)18(15-9-7-6-8-10-15)21-19(22)25-20(2,3)4/h6-14,18H,5H2,1-4H3/p+1. The first-order valence-corrected chi connectivity index (χ1v) is 9.72. The van der Waals surface area contributed by atoms with E-state index in [-0.39, 0.29) is 6.04 Å². The summed E-state index contributed by atoms with van der Waals surface area (Å²) in [4.78, 5) is 12.3. The van der Waals surface area contributed by atoms with E-state index < -0.39 is 19.7 Å². The molecule has 138 valence electrons. The molecule has 0 aliphatic rings. The van der Waals surface area contributed by atoms with E-state index in [0.717, 1.165) is 11.1 Å². The number of carbonyl (C=O) groups is 1. The molecule has 6 heteroatoms. The fourth-order valence-electron chi connectivity index (χ4n) is 2.41. The van der Waals surface area contributed by atoms with Gasteiger partial charge in [0.2, 0.25) is 5.30 Å². The van der Waals surface area contributed by atoms with Gasteiger partial charge in [0.1, 0.15) is 12.2 Å². The Morgan fingerprint density at radius 1 is 1.04 bits per heavy atom. The Kier molecular flexibility index (Phi) is 6.90. The minimum Gasteiger partial charge on any atom is -0.444 e. The van der Waals surface area contributed by atoms with Gasteiger partial charge in [0, 0.05) is 0 Å². The minimum atomic E-state index is -1.86. The zero-order chi connectivity index (χ0) is 19.2. The molecule has 0 fully saturated rings. The van der Waals surface area contributed by atoms with Crippen LogP contribution in [0.15, 0.2) is 54.6 Å². The Morgan fingerprint density at radius 3 is 2.15 bits per heavy atom. The lowest BCUT2D eigenvalue weighted by Crippen LogP contribution is -2.35. The van der Waals surface area contributed by atoms with Crippen LogP contribution in [-0.2, 0) is 13.8 Å². The van der Waals surface area contributed by atoms with Crippen LogP contribution in [-0.4, -0.2) is 18.3 Å². The quantitative estimate of drug-likeness (QED) is 0.744. The van der Waals surface area contributed by atoms with E-state index in [9.17, 15) is 9.36 Å². The maximum Gasteiger partial charge on any atom is 0.548 e. The summed E-state index contributed by atoms with van der Waals surface area (Å²) >= 11 is 0. The van der Waals surface area contributed by atoms with Gasteiger partial charge in [0.25, 0.3) is 0 Å². The fourth-order valence-corrected chi connectivity index (χ4v) is 3.19. The number of nitrogens with one attached hydrogen (secondary N) is 1. The molecule has 5 nitrogen and oxygen atoms in total. The van der Waals surface area contributed by atoms with Gasteiger partial charge in [-0.2, -0.15) is 0 Å². The van der Waals surface area contributed by atoms with E-state index in [4.69, 9.17) is 9.26 Å². The van der Waals surface area contributed by atoms with E-state index in [1.54, 1.807) is 19.1 Å². The Hall–Kier alpha value is -2.23. The lowest BCUT2D eigenvalue weighted by molar-refractivity contribution is 0.0512. The molecule has 0 aromatic heterocycles. The normalized spacial score (nSPS) is 13.0. The van der Waals surface area contributed by atoms with Crippen LogP contribution in [0.4, 0.5) is 4.79 Å². The van der Waals surface area contributed by atoms with Gasteiger partial charge in [0.15, 0.2) is 0 Å². The summed E-state index contributed by atoms with van der Waals surface area (Å²) in [6, 6.07) is 16.5. The number of carbonyl (C=O) groups excluding carboxylic acids is 1. The maximum absolute atomic E-state index is 12.3. The second-order valence-corrected chi connectivity index (χ2v) is 8.05. The third kappa shape index (κ3) is 5.94. The molecule has 26 heavy (non-hydrogen) atoms. The predicted octanol–water partition coefficient (Wildman–Crippen LogP) is 4.70. The van der Waals surface area contributed by atoms with E-state index >= 15 is 0 Å². The molecule has 0 aliphatic carbocycles. The van der Waals surface area contributed by atoms with Crippen LogP contribution in [0.3, 0.4) is 0 Å². The third-order valence-corrected chi connectivity index (χ3v) is 4.69.